The van der Waals surface area contributed by atoms with Gasteiger partial charge in [-0.25, -0.2) is 0 Å². The molecule has 0 spiro atoms. The Labute approximate surface area is 107 Å². The van der Waals surface area contributed by atoms with Crippen LogP contribution in [0.3, 0.4) is 0 Å². The van der Waals surface area contributed by atoms with Gasteiger partial charge in [0, 0.05) is 6.04 Å². The van der Waals surface area contributed by atoms with Crippen LogP contribution >= 0.6 is 11.8 Å². The second-order valence-electron chi connectivity index (χ2n) is 4.09. The normalized spacial score (nSPS) is 15.2. The first-order valence-electron chi connectivity index (χ1n) is 5.83. The van der Waals surface area contributed by atoms with E-state index in [4.69, 9.17) is 9.63 Å². The van der Waals surface area contributed by atoms with E-state index in [1.165, 1.54) is 0 Å². The second-order valence-corrected chi connectivity index (χ2v) is 5.71. The molecule has 6 heteroatoms. The largest absolute Gasteiger partial charge is 0.395 e. The molecule has 0 fully saturated rings. The summed E-state index contributed by atoms with van der Waals surface area (Å²) in [7, 11) is 1.93. The summed E-state index contributed by atoms with van der Waals surface area (Å²) in [6.45, 7) is 6.83. The summed E-state index contributed by atoms with van der Waals surface area (Å²) in [5, 5.41) is 13.3. The van der Waals surface area contributed by atoms with E-state index in [1.54, 1.807) is 11.8 Å². The summed E-state index contributed by atoms with van der Waals surface area (Å²) >= 11 is 1.79. The molecule has 0 amide bonds. The summed E-state index contributed by atoms with van der Waals surface area (Å²) in [6.07, 6.45) is 0. The third-order valence-electron chi connectivity index (χ3n) is 2.67. The lowest BCUT2D eigenvalue weighted by Crippen LogP contribution is -2.31. The molecule has 0 aliphatic carbocycles. The number of aliphatic hydroxyl groups is 1. The molecule has 0 aliphatic rings. The van der Waals surface area contributed by atoms with Gasteiger partial charge in [-0.1, -0.05) is 12.1 Å². The number of likely N-dealkylation sites (N-methyl/N-ethyl adjacent to an activating group) is 1. The molecule has 1 aromatic rings. The lowest BCUT2D eigenvalue weighted by Gasteiger charge is -2.20. The first-order valence-corrected chi connectivity index (χ1v) is 6.88. The Kier molecular flexibility index (Phi) is 5.94. The van der Waals surface area contributed by atoms with E-state index < -0.39 is 0 Å². The summed E-state index contributed by atoms with van der Waals surface area (Å²) in [5.41, 5.74) is 0. The van der Waals surface area contributed by atoms with Crippen LogP contribution in [0.2, 0.25) is 0 Å². The minimum Gasteiger partial charge on any atom is -0.395 e. The van der Waals surface area contributed by atoms with E-state index in [-0.39, 0.29) is 17.9 Å². The third-order valence-corrected chi connectivity index (χ3v) is 3.71. The van der Waals surface area contributed by atoms with E-state index in [0.29, 0.717) is 12.4 Å². The molecule has 5 nitrogen and oxygen atoms in total. The number of thioether (sulfide) groups is 1. The lowest BCUT2D eigenvalue weighted by molar-refractivity contribution is 0.142. The molecular formula is C11H21N3O2S. The molecule has 1 N–H and O–H groups in total. The van der Waals surface area contributed by atoms with Crippen LogP contribution in [0.4, 0.5) is 0 Å². The first kappa shape index (κ1) is 14.5. The fourth-order valence-corrected chi connectivity index (χ4v) is 2.08. The van der Waals surface area contributed by atoms with Crippen molar-refractivity contribution in [3.8, 4) is 0 Å². The van der Waals surface area contributed by atoms with Gasteiger partial charge in [0.2, 0.25) is 5.89 Å². The van der Waals surface area contributed by atoms with E-state index in [9.17, 15) is 0 Å². The molecule has 0 aliphatic heterocycles. The number of aliphatic hydroxyl groups excluding tert-OH is 1. The molecule has 2 unspecified atom stereocenters. The smallest absolute Gasteiger partial charge is 0.240 e. The number of nitrogens with zero attached hydrogens (tertiary/aromatic N) is 3. The van der Waals surface area contributed by atoms with Crippen molar-refractivity contribution >= 4 is 11.8 Å². The van der Waals surface area contributed by atoms with Crippen LogP contribution in [0, 0.1) is 0 Å². The molecule has 0 bridgehead atoms. The van der Waals surface area contributed by atoms with Gasteiger partial charge in [-0.15, -0.1) is 0 Å². The molecule has 0 aromatic carbocycles. The van der Waals surface area contributed by atoms with E-state index in [0.717, 1.165) is 11.6 Å². The molecule has 1 aromatic heterocycles. The van der Waals surface area contributed by atoms with Crippen LogP contribution in [0.5, 0.6) is 0 Å². The van der Waals surface area contributed by atoms with Gasteiger partial charge in [0.25, 0.3) is 0 Å². The molecule has 0 saturated carbocycles. The zero-order valence-electron chi connectivity index (χ0n) is 10.9. The maximum Gasteiger partial charge on any atom is 0.240 e. The average molecular weight is 259 g/mol. The van der Waals surface area contributed by atoms with Gasteiger partial charge in [0.05, 0.1) is 18.4 Å². The van der Waals surface area contributed by atoms with Crippen molar-refractivity contribution in [3.05, 3.63) is 11.7 Å². The molecule has 1 rings (SSSR count). The van der Waals surface area contributed by atoms with Crippen molar-refractivity contribution in [3.63, 3.8) is 0 Å². The summed E-state index contributed by atoms with van der Waals surface area (Å²) < 4.78 is 5.20. The molecular weight excluding hydrogens is 238 g/mol. The standard InChI is InChI=1S/C11H21N3O2S/c1-5-17-9(3)11-12-10(16-13-11)6-14(4)8(2)7-15/h8-9,15H,5-7H2,1-4H3. The van der Waals surface area contributed by atoms with Gasteiger partial charge < -0.3 is 9.63 Å². The number of hydrogen-bond acceptors (Lipinski definition) is 6. The van der Waals surface area contributed by atoms with Gasteiger partial charge in [-0.05, 0) is 26.6 Å². The zero-order valence-corrected chi connectivity index (χ0v) is 11.7. The topological polar surface area (TPSA) is 62.4 Å². The predicted octanol–water partition coefficient (Wildman–Crippen LogP) is 1.70. The van der Waals surface area contributed by atoms with Gasteiger partial charge in [-0.2, -0.15) is 16.7 Å². The minimum absolute atomic E-state index is 0.0905. The third kappa shape index (κ3) is 4.29. The first-order chi connectivity index (χ1) is 8.08. The Balaban J connectivity index is 2.56. The molecule has 1 heterocycles. The molecule has 2 atom stereocenters. The van der Waals surface area contributed by atoms with Crippen LogP contribution in [0.1, 0.15) is 37.7 Å². The highest BCUT2D eigenvalue weighted by Crippen LogP contribution is 2.25. The number of aromatic nitrogens is 2. The quantitative estimate of drug-likeness (QED) is 0.804. The fourth-order valence-electron chi connectivity index (χ4n) is 1.33. The van der Waals surface area contributed by atoms with Crippen LogP contribution in [-0.2, 0) is 6.54 Å². The molecule has 17 heavy (non-hydrogen) atoms. The zero-order chi connectivity index (χ0) is 12.8. The Morgan fingerprint density at radius 3 is 2.76 bits per heavy atom. The number of hydrogen-bond donors (Lipinski definition) is 1. The monoisotopic (exact) mass is 259 g/mol. The van der Waals surface area contributed by atoms with Crippen molar-refractivity contribution in [1.29, 1.82) is 0 Å². The van der Waals surface area contributed by atoms with Crippen LogP contribution in [0.25, 0.3) is 0 Å². The highest BCUT2D eigenvalue weighted by molar-refractivity contribution is 7.99. The summed E-state index contributed by atoms with van der Waals surface area (Å²) in [4.78, 5) is 6.34. The summed E-state index contributed by atoms with van der Waals surface area (Å²) in [5.74, 6) is 2.38. The van der Waals surface area contributed by atoms with Gasteiger partial charge in [0.1, 0.15) is 0 Å². The average Bonchev–Trinajstić information content (AvgIpc) is 2.76. The summed E-state index contributed by atoms with van der Waals surface area (Å²) in [6, 6.07) is 0.0905. The highest BCUT2D eigenvalue weighted by Gasteiger charge is 2.16. The van der Waals surface area contributed by atoms with Crippen LogP contribution in [0.15, 0.2) is 4.52 Å². The molecule has 0 radical (unpaired) electrons. The number of rotatable bonds is 7. The van der Waals surface area contributed by atoms with Crippen LogP contribution < -0.4 is 0 Å². The van der Waals surface area contributed by atoms with Crippen molar-refractivity contribution in [2.24, 2.45) is 0 Å². The Morgan fingerprint density at radius 2 is 2.18 bits per heavy atom. The highest BCUT2D eigenvalue weighted by atomic mass is 32.2. The van der Waals surface area contributed by atoms with Crippen molar-refractivity contribution in [2.45, 2.75) is 38.6 Å². The molecule has 0 saturated heterocycles. The predicted molar refractivity (Wildman–Crippen MR) is 68.9 cm³/mol. The maximum atomic E-state index is 9.03. The van der Waals surface area contributed by atoms with Gasteiger partial charge >= 0.3 is 0 Å². The van der Waals surface area contributed by atoms with E-state index in [2.05, 4.69) is 24.0 Å². The van der Waals surface area contributed by atoms with Gasteiger partial charge in [-0.3, -0.25) is 4.90 Å². The van der Waals surface area contributed by atoms with Crippen molar-refractivity contribution in [1.82, 2.24) is 15.0 Å². The molecule has 98 valence electrons. The Morgan fingerprint density at radius 1 is 1.47 bits per heavy atom. The van der Waals surface area contributed by atoms with Crippen molar-refractivity contribution in [2.75, 3.05) is 19.4 Å². The second kappa shape index (κ2) is 6.98. The Bertz CT molecular complexity index is 332. The fraction of sp³-hybridized carbons (Fsp3) is 0.818. The maximum absolute atomic E-state index is 9.03. The SMILES string of the molecule is CCSC(C)c1noc(CN(C)C(C)CO)n1. The minimum atomic E-state index is 0.0905. The van der Waals surface area contributed by atoms with Gasteiger partial charge in [0.15, 0.2) is 5.82 Å². The van der Waals surface area contributed by atoms with Crippen molar-refractivity contribution < 1.29 is 9.63 Å². The lowest BCUT2D eigenvalue weighted by atomic mass is 10.3. The Hall–Kier alpha value is -0.590. The van der Waals surface area contributed by atoms with Crippen LogP contribution in [-0.4, -0.2) is 45.6 Å². The van der Waals surface area contributed by atoms with E-state index >= 15 is 0 Å². The van der Waals surface area contributed by atoms with E-state index in [1.807, 2.05) is 18.9 Å².